The van der Waals surface area contributed by atoms with Crippen molar-refractivity contribution >= 4 is 68.9 Å². The first-order valence-electron chi connectivity index (χ1n) is 0.926. The zero-order chi connectivity index (χ0) is 6.41. The van der Waals surface area contributed by atoms with Gasteiger partial charge in [-0.2, -0.15) is 0 Å². The molecule has 0 amide bonds. The van der Waals surface area contributed by atoms with Crippen molar-refractivity contribution in [3.63, 3.8) is 0 Å². The third kappa shape index (κ3) is 135. The van der Waals surface area contributed by atoms with E-state index in [0.717, 1.165) is 0 Å². The van der Waals surface area contributed by atoms with E-state index in [9.17, 15) is 0 Å². The van der Waals surface area contributed by atoms with Gasteiger partial charge in [-0.3, -0.25) is 0 Å². The van der Waals surface area contributed by atoms with Crippen LogP contribution in [0.25, 0.3) is 0 Å². The van der Waals surface area contributed by atoms with Gasteiger partial charge in [-0.15, -0.1) is 12.4 Å². The second kappa shape index (κ2) is 11.5. The van der Waals surface area contributed by atoms with Crippen molar-refractivity contribution in [2.24, 2.45) is 0 Å². The van der Waals surface area contributed by atoms with Gasteiger partial charge in [0, 0.05) is 0 Å². The zero-order valence-corrected chi connectivity index (χ0v) is 23.6. The molecule has 0 saturated carbocycles. The second-order valence-electron chi connectivity index (χ2n) is 0.875. The molecule has 13 heavy (non-hydrogen) atoms. The Hall–Kier alpha value is 5.66. The standard InChI is InChI=1S/9ClH.FH.Rb.W.Zn/h10*1H;;;/q;;;;;;;;;;+1;+6;+2/p-9. The van der Waals surface area contributed by atoms with Gasteiger partial charge in [0.25, 0.3) is 0 Å². The molecular formula is HCl9FRbWZn. The van der Waals surface area contributed by atoms with Crippen LogP contribution in [0.1, 0.15) is 0 Å². The van der Waals surface area contributed by atoms with Gasteiger partial charge in [0.15, 0.2) is 0 Å². The van der Waals surface area contributed by atoms with Crippen molar-refractivity contribution < 1.29 is 114 Å². The van der Waals surface area contributed by atoms with Gasteiger partial charge in [0.05, 0.1) is 0 Å². The van der Waals surface area contributed by atoms with Crippen molar-refractivity contribution in [2.75, 3.05) is 0 Å². The van der Waals surface area contributed by atoms with Crippen molar-refractivity contribution in [2.45, 2.75) is 0 Å². The maximum Gasteiger partial charge on any atom is 2.00 e. The van der Waals surface area contributed by atoms with Crippen LogP contribution < -0.4 is 87.7 Å². The van der Waals surface area contributed by atoms with E-state index in [1.54, 1.807) is 0 Å². The Bertz CT molecular complexity index is 78.2. The van der Waals surface area contributed by atoms with Crippen LogP contribution in [0.15, 0.2) is 0 Å². The Balaban J connectivity index is -0.0000000120. The normalized spacial score (nSPS) is 12.5. The summed E-state index contributed by atoms with van der Waals surface area (Å²) in [5, 5.41) is 0. The van der Waals surface area contributed by atoms with E-state index < -0.39 is 7.31 Å². The fourth-order valence-electron chi connectivity index (χ4n) is 0. The molecule has 0 unspecified atom stereocenters. The van der Waals surface area contributed by atoms with Gasteiger partial charge in [0.2, 0.25) is 0 Å². The number of hydrogen-bond acceptors (Lipinski definition) is 0. The molecule has 0 spiro atoms. The predicted molar refractivity (Wildman–Crippen MR) is 42.4 cm³/mol. The predicted octanol–water partition coefficient (Wildman–Crippen LogP) is -7.43. The third-order valence-corrected chi connectivity index (χ3v) is 0. The molecule has 0 nitrogen and oxygen atoms in total. The minimum Gasteiger partial charge on any atom is -1.00 e. The number of halogens is 10. The van der Waals surface area contributed by atoms with E-state index in [2.05, 4.69) is 0 Å². The van der Waals surface area contributed by atoms with Crippen LogP contribution in [0.3, 0.4) is 0 Å². The average molecular weight is 674 g/mol. The first-order chi connectivity index (χ1) is 2.45. The Morgan fingerprint density at radius 2 is 0.692 bits per heavy atom. The summed E-state index contributed by atoms with van der Waals surface area (Å²) < 4.78 is 0. The third-order valence-electron chi connectivity index (χ3n) is 0. The molecule has 0 rings (SSSR count). The Labute approximate surface area is 178 Å². The number of hydrogen-bond donors (Lipinski definition) is 0. The van der Waals surface area contributed by atoms with Crippen molar-refractivity contribution in [3.05, 3.63) is 0 Å². The molecule has 0 N–H and O–H groups in total. The fraction of sp³-hybridized carbons (Fsp3) is 0. The molecule has 0 atom stereocenters. The molecule has 0 heterocycles. The summed E-state index contributed by atoms with van der Waals surface area (Å²) in [5.74, 6) is 0. The Morgan fingerprint density at radius 1 is 0.692 bits per heavy atom. The average Bonchev–Trinajstić information content (AvgIpc) is 0.592. The fourth-order valence-corrected chi connectivity index (χ4v) is 0. The minimum atomic E-state index is -5.47. The first-order valence-corrected chi connectivity index (χ1v) is 22.7. The zero-order valence-electron chi connectivity index (χ0n) is 5.93. The topological polar surface area (TPSA) is 0 Å². The van der Waals surface area contributed by atoms with Crippen LogP contribution in [-0.4, -0.2) is 0 Å². The maximum absolute atomic E-state index is 5.47. The smallest absolute Gasteiger partial charge is 1.00 e. The van der Waals surface area contributed by atoms with E-state index in [4.69, 9.17) is 56.5 Å². The van der Waals surface area contributed by atoms with Crippen LogP contribution in [0.2, 0.25) is 0 Å². The molecule has 0 saturated heterocycles. The van der Waals surface area contributed by atoms with E-state index >= 15 is 0 Å². The molecular weight excluding hydrogens is 673 g/mol. The summed E-state index contributed by atoms with van der Waals surface area (Å²) in [4.78, 5) is 0. The summed E-state index contributed by atoms with van der Waals surface area (Å²) in [6.45, 7) is 0. The van der Waals surface area contributed by atoms with E-state index in [1.807, 2.05) is 0 Å². The molecule has 0 bridgehead atoms. The van der Waals surface area contributed by atoms with Crippen LogP contribution in [-0.2, 0) is 26.8 Å². The van der Waals surface area contributed by atoms with Crippen LogP contribution in [0.5, 0.6) is 0 Å². The summed E-state index contributed by atoms with van der Waals surface area (Å²) in [6, 6.07) is 0. The van der Waals surface area contributed by atoms with Crippen LogP contribution >= 0.6 is 68.9 Å². The molecule has 0 fully saturated rings. The van der Waals surface area contributed by atoms with Gasteiger partial charge in [-0.25, -0.2) is 0 Å². The van der Waals surface area contributed by atoms with Crippen molar-refractivity contribution in [3.8, 4) is 0 Å². The Morgan fingerprint density at radius 3 is 0.692 bits per heavy atom. The summed E-state index contributed by atoms with van der Waals surface area (Å²) in [5.41, 5.74) is 0. The van der Waals surface area contributed by atoms with Crippen LogP contribution in [0.4, 0.5) is 0 Å². The molecule has 0 aliphatic heterocycles. The molecule has 0 aliphatic carbocycles. The minimum absolute atomic E-state index is 0. The summed E-state index contributed by atoms with van der Waals surface area (Å²) in [6.07, 6.45) is 0. The summed E-state index contributed by atoms with van der Waals surface area (Å²) in [7, 11) is 24.9. The molecule has 80 valence electrons. The van der Waals surface area contributed by atoms with Crippen LogP contribution in [0, 0.1) is 0 Å². The molecule has 0 aromatic carbocycles. The van der Waals surface area contributed by atoms with E-state index in [-0.39, 0.29) is 120 Å². The van der Waals surface area contributed by atoms with E-state index in [1.165, 1.54) is 0 Å². The quantitative estimate of drug-likeness (QED) is 0.225. The van der Waals surface area contributed by atoms with Crippen molar-refractivity contribution in [1.29, 1.82) is 0 Å². The second-order valence-corrected chi connectivity index (χ2v) is 64.4. The molecule has 0 aromatic rings. The SMILES string of the molecule is Cl.[Cl-].[Cl-].[Cl][W]([Cl])([Cl])([Cl])([Cl])[Cl].[F-].[Rb+].[Zn+2]. The molecule has 0 radical (unpaired) electrons. The Kier molecular flexibility index (Phi) is 37.8. The van der Waals surface area contributed by atoms with Gasteiger partial charge in [-0.1, -0.05) is 0 Å². The first kappa shape index (κ1) is 42.8. The molecule has 0 aromatic heterocycles. The van der Waals surface area contributed by atoms with Gasteiger partial charge >= 0.3 is 141 Å². The van der Waals surface area contributed by atoms with Gasteiger partial charge in [0.1, 0.15) is 0 Å². The van der Waals surface area contributed by atoms with Gasteiger partial charge in [-0.05, 0) is 0 Å². The van der Waals surface area contributed by atoms with Crippen molar-refractivity contribution in [1.82, 2.24) is 0 Å². The van der Waals surface area contributed by atoms with Gasteiger partial charge < -0.3 is 29.5 Å². The molecule has 0 aliphatic rings. The van der Waals surface area contributed by atoms with E-state index in [0.29, 0.717) is 0 Å². The largest absolute Gasteiger partial charge is 2.00 e. The molecule has 13 heteroatoms. The maximum atomic E-state index is 5.07. The number of rotatable bonds is 0. The summed E-state index contributed by atoms with van der Waals surface area (Å²) >= 11 is 0. The monoisotopic (exact) mass is 668 g/mol.